The Balaban J connectivity index is 2.27. The number of esters is 1. The van der Waals surface area contributed by atoms with Crippen LogP contribution in [-0.4, -0.2) is 27.5 Å². The van der Waals surface area contributed by atoms with E-state index in [0.717, 1.165) is 19.3 Å². The second kappa shape index (κ2) is 5.93. The first-order chi connectivity index (χ1) is 9.45. The summed E-state index contributed by atoms with van der Waals surface area (Å²) in [4.78, 5) is 11.6. The van der Waals surface area contributed by atoms with E-state index in [0.29, 0.717) is 5.92 Å². The fourth-order valence-electron chi connectivity index (χ4n) is 2.32. The van der Waals surface area contributed by atoms with E-state index >= 15 is 0 Å². The number of benzene rings is 1. The van der Waals surface area contributed by atoms with Crippen LogP contribution in [0, 0.1) is 5.92 Å². The summed E-state index contributed by atoms with van der Waals surface area (Å²) < 4.78 is 32.1. The number of sulfonamides is 1. The van der Waals surface area contributed by atoms with E-state index in [-0.39, 0.29) is 16.5 Å². The summed E-state index contributed by atoms with van der Waals surface area (Å²) in [7, 11) is -2.49. The Kier molecular flexibility index (Phi) is 4.45. The van der Waals surface area contributed by atoms with Gasteiger partial charge in [-0.1, -0.05) is 18.6 Å². The number of hydrogen-bond donors (Lipinski definition) is 1. The third-order valence-corrected chi connectivity index (χ3v) is 5.40. The molecule has 110 valence electrons. The minimum absolute atomic E-state index is 0.0296. The van der Waals surface area contributed by atoms with Crippen LogP contribution in [0.3, 0.4) is 0 Å². The molecule has 2 rings (SSSR count). The Morgan fingerprint density at radius 2 is 2.00 bits per heavy atom. The highest BCUT2D eigenvalue weighted by atomic mass is 32.2. The highest BCUT2D eigenvalue weighted by Gasteiger charge is 2.29. The van der Waals surface area contributed by atoms with Crippen molar-refractivity contribution in [2.75, 3.05) is 7.11 Å². The van der Waals surface area contributed by atoms with Gasteiger partial charge in [0.1, 0.15) is 0 Å². The maximum absolute atomic E-state index is 12.4. The van der Waals surface area contributed by atoms with Gasteiger partial charge in [0.05, 0.1) is 17.6 Å². The molecule has 0 radical (unpaired) electrons. The van der Waals surface area contributed by atoms with Crippen molar-refractivity contribution in [2.45, 2.75) is 37.1 Å². The number of methoxy groups -OCH3 is 1. The van der Waals surface area contributed by atoms with Gasteiger partial charge in [-0.15, -0.1) is 0 Å². The minimum atomic E-state index is -3.72. The summed E-state index contributed by atoms with van der Waals surface area (Å²) in [6.45, 7) is 1.86. The molecule has 0 bridgehead atoms. The van der Waals surface area contributed by atoms with Crippen molar-refractivity contribution in [2.24, 2.45) is 5.92 Å². The number of ether oxygens (including phenoxy) is 1. The molecule has 1 atom stereocenters. The molecule has 1 fully saturated rings. The van der Waals surface area contributed by atoms with Gasteiger partial charge in [0.25, 0.3) is 0 Å². The predicted molar refractivity (Wildman–Crippen MR) is 74.9 cm³/mol. The quantitative estimate of drug-likeness (QED) is 0.843. The van der Waals surface area contributed by atoms with E-state index < -0.39 is 16.0 Å². The molecule has 5 nitrogen and oxygen atoms in total. The first kappa shape index (κ1) is 15.0. The van der Waals surface area contributed by atoms with Gasteiger partial charge in [0.2, 0.25) is 10.0 Å². The zero-order chi connectivity index (χ0) is 14.8. The lowest BCUT2D eigenvalue weighted by Gasteiger charge is -2.31. The van der Waals surface area contributed by atoms with Gasteiger partial charge >= 0.3 is 5.97 Å². The molecular formula is C14H19NO4S. The van der Waals surface area contributed by atoms with Crippen molar-refractivity contribution in [1.29, 1.82) is 0 Å². The fraction of sp³-hybridized carbons (Fsp3) is 0.500. The molecule has 1 unspecified atom stereocenters. The monoisotopic (exact) mass is 297 g/mol. The molecule has 6 heteroatoms. The summed E-state index contributed by atoms with van der Waals surface area (Å²) in [5.74, 6) is -0.266. The van der Waals surface area contributed by atoms with Crippen LogP contribution >= 0.6 is 0 Å². The van der Waals surface area contributed by atoms with Crippen LogP contribution in [0.25, 0.3) is 0 Å². The maximum atomic E-state index is 12.4. The molecule has 0 saturated heterocycles. The summed E-state index contributed by atoms with van der Waals surface area (Å²) in [6.07, 6.45) is 3.24. The summed E-state index contributed by atoms with van der Waals surface area (Å²) >= 11 is 0. The Hall–Kier alpha value is -1.40. The number of carbonyl (C=O) groups excluding carboxylic acids is 1. The summed E-state index contributed by atoms with van der Waals surface area (Å²) in [5, 5.41) is 0. The smallest absolute Gasteiger partial charge is 0.339 e. The van der Waals surface area contributed by atoms with E-state index in [9.17, 15) is 13.2 Å². The molecule has 1 N–H and O–H groups in total. The number of rotatable bonds is 5. The molecule has 0 amide bonds. The molecule has 1 aromatic carbocycles. The molecule has 0 aliphatic heterocycles. The van der Waals surface area contributed by atoms with Gasteiger partial charge in [-0.25, -0.2) is 17.9 Å². The van der Waals surface area contributed by atoms with Gasteiger partial charge in [0, 0.05) is 6.04 Å². The third-order valence-electron chi connectivity index (χ3n) is 3.78. The lowest BCUT2D eigenvalue weighted by atomic mass is 9.81. The standard InChI is InChI=1S/C14H19NO4S/c1-10(11-6-5-7-11)15-20(17,18)13-9-4-3-8-12(13)14(16)19-2/h3-4,8-11,15H,5-7H2,1-2H3. The van der Waals surface area contributed by atoms with E-state index in [1.54, 1.807) is 12.1 Å². The molecule has 0 heterocycles. The normalized spacial score (nSPS) is 17.3. The van der Waals surface area contributed by atoms with Gasteiger partial charge in [-0.3, -0.25) is 0 Å². The van der Waals surface area contributed by atoms with Crippen molar-refractivity contribution in [3.05, 3.63) is 29.8 Å². The molecule has 1 aliphatic carbocycles. The van der Waals surface area contributed by atoms with E-state index in [2.05, 4.69) is 9.46 Å². The molecule has 1 aromatic rings. The molecule has 20 heavy (non-hydrogen) atoms. The molecule has 0 aromatic heterocycles. The lowest BCUT2D eigenvalue weighted by Crippen LogP contribution is -2.41. The Labute approximate surface area is 119 Å². The second-order valence-electron chi connectivity index (χ2n) is 5.09. The van der Waals surface area contributed by atoms with Crippen molar-refractivity contribution in [3.8, 4) is 0 Å². The molecular weight excluding hydrogens is 278 g/mol. The van der Waals surface area contributed by atoms with Gasteiger partial charge in [-0.2, -0.15) is 0 Å². The summed E-state index contributed by atoms with van der Waals surface area (Å²) in [6, 6.07) is 5.95. The molecule has 0 spiro atoms. The van der Waals surface area contributed by atoms with Gasteiger partial charge in [0.15, 0.2) is 0 Å². The van der Waals surface area contributed by atoms with E-state index in [1.807, 2.05) is 6.92 Å². The lowest BCUT2D eigenvalue weighted by molar-refractivity contribution is 0.0596. The van der Waals surface area contributed by atoms with E-state index in [4.69, 9.17) is 0 Å². The SMILES string of the molecule is COC(=O)c1ccccc1S(=O)(=O)NC(C)C1CCC1. The second-order valence-corrected chi connectivity index (χ2v) is 6.77. The zero-order valence-corrected chi connectivity index (χ0v) is 12.4. The Bertz CT molecular complexity index is 593. The van der Waals surface area contributed by atoms with Crippen LogP contribution in [0.5, 0.6) is 0 Å². The highest BCUT2D eigenvalue weighted by Crippen LogP contribution is 2.30. The first-order valence-corrected chi connectivity index (χ1v) is 8.13. The number of hydrogen-bond acceptors (Lipinski definition) is 4. The van der Waals surface area contributed by atoms with Gasteiger partial charge < -0.3 is 4.74 Å². The predicted octanol–water partition coefficient (Wildman–Crippen LogP) is 1.94. The molecule has 1 saturated carbocycles. The third kappa shape index (κ3) is 3.02. The van der Waals surface area contributed by atoms with E-state index in [1.165, 1.54) is 19.2 Å². The van der Waals surface area contributed by atoms with Crippen molar-refractivity contribution < 1.29 is 17.9 Å². The van der Waals surface area contributed by atoms with Gasteiger partial charge in [-0.05, 0) is 37.8 Å². The van der Waals surface area contributed by atoms with Crippen LogP contribution in [0.15, 0.2) is 29.2 Å². The zero-order valence-electron chi connectivity index (χ0n) is 11.6. The van der Waals surface area contributed by atoms with Crippen LogP contribution in [0.2, 0.25) is 0 Å². The van der Waals surface area contributed by atoms with Crippen molar-refractivity contribution in [3.63, 3.8) is 0 Å². The Morgan fingerprint density at radius 1 is 1.35 bits per heavy atom. The van der Waals surface area contributed by atoms with Crippen LogP contribution in [0.1, 0.15) is 36.5 Å². The average Bonchev–Trinajstić information content (AvgIpc) is 2.35. The fourth-order valence-corrected chi connectivity index (χ4v) is 3.83. The van der Waals surface area contributed by atoms with Crippen LogP contribution in [0.4, 0.5) is 0 Å². The van der Waals surface area contributed by atoms with Crippen LogP contribution in [-0.2, 0) is 14.8 Å². The topological polar surface area (TPSA) is 72.5 Å². The Morgan fingerprint density at radius 3 is 2.55 bits per heavy atom. The largest absolute Gasteiger partial charge is 0.465 e. The maximum Gasteiger partial charge on any atom is 0.339 e. The highest BCUT2D eigenvalue weighted by molar-refractivity contribution is 7.89. The van der Waals surface area contributed by atoms with Crippen LogP contribution < -0.4 is 4.72 Å². The first-order valence-electron chi connectivity index (χ1n) is 6.65. The minimum Gasteiger partial charge on any atom is -0.465 e. The average molecular weight is 297 g/mol. The number of carbonyl (C=O) groups is 1. The van der Waals surface area contributed by atoms with Crippen molar-refractivity contribution >= 4 is 16.0 Å². The number of nitrogens with one attached hydrogen (secondary N) is 1. The summed E-state index contributed by atoms with van der Waals surface area (Å²) in [5.41, 5.74) is 0.0586. The molecule has 1 aliphatic rings. The van der Waals surface area contributed by atoms with Crippen molar-refractivity contribution in [1.82, 2.24) is 4.72 Å².